The van der Waals surface area contributed by atoms with Crippen LogP contribution in [0.25, 0.3) is 10.4 Å². The van der Waals surface area contributed by atoms with Gasteiger partial charge < -0.3 is 5.32 Å². The Balaban J connectivity index is 2.44. The molecule has 1 saturated heterocycles. The van der Waals surface area contributed by atoms with Crippen LogP contribution in [0.2, 0.25) is 0 Å². The van der Waals surface area contributed by atoms with E-state index in [9.17, 15) is 0 Å². The molecule has 0 radical (unpaired) electrons. The van der Waals surface area contributed by atoms with E-state index in [1.807, 2.05) is 4.90 Å². The van der Waals surface area contributed by atoms with E-state index in [2.05, 4.69) is 21.4 Å². The third kappa shape index (κ3) is 2.92. The average Bonchev–Trinajstić information content (AvgIpc) is 2.21. The smallest absolute Gasteiger partial charge is 0.103 e. The number of azide groups is 1. The second-order valence-electron chi connectivity index (χ2n) is 2.84. The molecule has 70 valence electrons. The van der Waals surface area contributed by atoms with E-state index in [-0.39, 0.29) is 12.6 Å². The van der Waals surface area contributed by atoms with Crippen LogP contribution in [0, 0.1) is 11.3 Å². The van der Waals surface area contributed by atoms with Crippen LogP contribution in [-0.4, -0.2) is 43.7 Å². The molecule has 0 amide bonds. The molecule has 6 nitrogen and oxygen atoms in total. The predicted molar refractivity (Wildman–Crippen MR) is 47.9 cm³/mol. The van der Waals surface area contributed by atoms with Gasteiger partial charge in [-0.25, -0.2) is 0 Å². The Bertz CT molecular complexity index is 232. The van der Waals surface area contributed by atoms with Crippen LogP contribution >= 0.6 is 0 Å². The summed E-state index contributed by atoms with van der Waals surface area (Å²) >= 11 is 0. The molecule has 0 spiro atoms. The molecule has 1 atom stereocenters. The number of nitrogens with one attached hydrogen (secondary N) is 1. The Morgan fingerprint density at radius 2 is 2.31 bits per heavy atom. The molecule has 6 heteroatoms. The number of rotatable bonds is 3. The Morgan fingerprint density at radius 1 is 1.62 bits per heavy atom. The lowest BCUT2D eigenvalue weighted by Gasteiger charge is -2.30. The van der Waals surface area contributed by atoms with Gasteiger partial charge in [0, 0.05) is 31.1 Å². The van der Waals surface area contributed by atoms with E-state index in [1.165, 1.54) is 0 Å². The van der Waals surface area contributed by atoms with E-state index in [0.717, 1.165) is 26.2 Å². The third-order valence-corrected chi connectivity index (χ3v) is 2.06. The maximum absolute atomic E-state index is 8.81. The fourth-order valence-corrected chi connectivity index (χ4v) is 1.35. The summed E-state index contributed by atoms with van der Waals surface area (Å²) in [4.78, 5) is 4.68. The van der Waals surface area contributed by atoms with Gasteiger partial charge in [-0.15, -0.1) is 0 Å². The Labute approximate surface area is 76.8 Å². The molecule has 0 bridgehead atoms. The van der Waals surface area contributed by atoms with Crippen LogP contribution in [-0.2, 0) is 0 Å². The SMILES string of the molecule is N#CC(CN=[N+]=[N-])N1CCNCC1. The largest absolute Gasteiger partial charge is 0.314 e. The molecule has 1 rings (SSSR count). The Hall–Kier alpha value is -1.28. The zero-order valence-electron chi connectivity index (χ0n) is 7.35. The lowest BCUT2D eigenvalue weighted by Crippen LogP contribution is -2.48. The van der Waals surface area contributed by atoms with Gasteiger partial charge in [-0.05, 0) is 5.53 Å². The van der Waals surface area contributed by atoms with E-state index in [0.29, 0.717) is 0 Å². The minimum atomic E-state index is -0.266. The number of nitriles is 1. The van der Waals surface area contributed by atoms with Crippen LogP contribution < -0.4 is 5.32 Å². The third-order valence-electron chi connectivity index (χ3n) is 2.06. The van der Waals surface area contributed by atoms with Gasteiger partial charge in [0.05, 0.1) is 12.6 Å². The highest BCUT2D eigenvalue weighted by Crippen LogP contribution is 2.01. The molecule has 1 unspecified atom stereocenters. The molecule has 1 aliphatic heterocycles. The lowest BCUT2D eigenvalue weighted by molar-refractivity contribution is 0.209. The normalized spacial score (nSPS) is 19.9. The summed E-state index contributed by atoms with van der Waals surface area (Å²) in [5.41, 5.74) is 8.13. The quantitative estimate of drug-likeness (QED) is 0.379. The molecular weight excluding hydrogens is 168 g/mol. The molecule has 1 fully saturated rings. The van der Waals surface area contributed by atoms with Gasteiger partial charge in [0.15, 0.2) is 0 Å². The summed E-state index contributed by atoms with van der Waals surface area (Å²) in [6, 6.07) is 1.87. The maximum Gasteiger partial charge on any atom is 0.103 e. The first kappa shape index (κ1) is 9.81. The van der Waals surface area contributed by atoms with Gasteiger partial charge in [0.25, 0.3) is 0 Å². The minimum Gasteiger partial charge on any atom is -0.314 e. The Kier molecular flexibility index (Phi) is 4.06. The maximum atomic E-state index is 8.81. The summed E-state index contributed by atoms with van der Waals surface area (Å²) in [5, 5.41) is 15.4. The van der Waals surface area contributed by atoms with Crippen molar-refractivity contribution >= 4 is 0 Å². The zero-order chi connectivity index (χ0) is 9.52. The van der Waals surface area contributed by atoms with E-state index < -0.39 is 0 Å². The first-order chi connectivity index (χ1) is 6.38. The first-order valence-electron chi connectivity index (χ1n) is 4.23. The van der Waals surface area contributed by atoms with Crippen molar-refractivity contribution in [2.45, 2.75) is 6.04 Å². The van der Waals surface area contributed by atoms with Crippen molar-refractivity contribution in [2.75, 3.05) is 32.7 Å². The van der Waals surface area contributed by atoms with Gasteiger partial charge in [-0.2, -0.15) is 5.26 Å². The summed E-state index contributed by atoms with van der Waals surface area (Å²) in [7, 11) is 0. The average molecular weight is 180 g/mol. The fourth-order valence-electron chi connectivity index (χ4n) is 1.35. The van der Waals surface area contributed by atoms with E-state index >= 15 is 0 Å². The second-order valence-corrected chi connectivity index (χ2v) is 2.84. The second kappa shape index (κ2) is 5.38. The summed E-state index contributed by atoms with van der Waals surface area (Å²) in [6.45, 7) is 3.73. The highest BCUT2D eigenvalue weighted by Gasteiger charge is 2.18. The molecule has 0 aromatic rings. The van der Waals surface area contributed by atoms with Crippen molar-refractivity contribution in [3.05, 3.63) is 10.4 Å². The van der Waals surface area contributed by atoms with Crippen LogP contribution in [0.3, 0.4) is 0 Å². The van der Waals surface area contributed by atoms with Crippen molar-refractivity contribution in [1.82, 2.24) is 10.2 Å². The number of nitrogens with zero attached hydrogens (tertiary/aromatic N) is 5. The standard InChI is InChI=1S/C7H12N6/c8-5-7(6-11-12-9)13-3-1-10-2-4-13/h7,10H,1-4,6H2. The molecule has 13 heavy (non-hydrogen) atoms. The summed E-state index contributed by atoms with van der Waals surface area (Å²) in [6.07, 6.45) is 0. The molecule has 0 saturated carbocycles. The minimum absolute atomic E-state index is 0.243. The van der Waals surface area contributed by atoms with Gasteiger partial charge in [-0.1, -0.05) is 5.11 Å². The summed E-state index contributed by atoms with van der Waals surface area (Å²) in [5.74, 6) is 0. The molecule has 0 aromatic heterocycles. The molecular formula is C7H12N6. The van der Waals surface area contributed by atoms with Crippen LogP contribution in [0.1, 0.15) is 0 Å². The number of hydrogen-bond acceptors (Lipinski definition) is 4. The van der Waals surface area contributed by atoms with Crippen LogP contribution in [0.15, 0.2) is 5.11 Å². The van der Waals surface area contributed by atoms with Crippen molar-refractivity contribution < 1.29 is 0 Å². The lowest BCUT2D eigenvalue weighted by atomic mass is 10.2. The van der Waals surface area contributed by atoms with E-state index in [4.69, 9.17) is 10.8 Å². The summed E-state index contributed by atoms with van der Waals surface area (Å²) < 4.78 is 0. The molecule has 1 N–H and O–H groups in total. The highest BCUT2D eigenvalue weighted by molar-refractivity contribution is 4.94. The van der Waals surface area contributed by atoms with Crippen molar-refractivity contribution in [3.8, 4) is 6.07 Å². The molecule has 1 heterocycles. The molecule has 0 aromatic carbocycles. The van der Waals surface area contributed by atoms with E-state index in [1.54, 1.807) is 0 Å². The monoisotopic (exact) mass is 180 g/mol. The first-order valence-corrected chi connectivity index (χ1v) is 4.23. The fraction of sp³-hybridized carbons (Fsp3) is 0.857. The Morgan fingerprint density at radius 3 is 2.85 bits per heavy atom. The predicted octanol–water partition coefficient (Wildman–Crippen LogP) is 0.0941. The van der Waals surface area contributed by atoms with Gasteiger partial charge in [0.2, 0.25) is 0 Å². The zero-order valence-corrected chi connectivity index (χ0v) is 7.35. The molecule has 1 aliphatic rings. The van der Waals surface area contributed by atoms with Gasteiger partial charge in [-0.3, -0.25) is 4.90 Å². The number of hydrogen-bond donors (Lipinski definition) is 1. The van der Waals surface area contributed by atoms with Gasteiger partial charge >= 0.3 is 0 Å². The van der Waals surface area contributed by atoms with Crippen LogP contribution in [0.4, 0.5) is 0 Å². The van der Waals surface area contributed by atoms with Crippen molar-refractivity contribution in [3.63, 3.8) is 0 Å². The van der Waals surface area contributed by atoms with Crippen LogP contribution in [0.5, 0.6) is 0 Å². The van der Waals surface area contributed by atoms with Crippen molar-refractivity contribution in [2.24, 2.45) is 5.11 Å². The van der Waals surface area contributed by atoms with Gasteiger partial charge in [0.1, 0.15) is 6.04 Å². The highest BCUT2D eigenvalue weighted by atomic mass is 15.2. The van der Waals surface area contributed by atoms with Crippen molar-refractivity contribution in [1.29, 1.82) is 5.26 Å². The topological polar surface area (TPSA) is 87.8 Å². The number of piperazine rings is 1. The molecule has 0 aliphatic carbocycles.